The quantitative estimate of drug-likeness (QED) is 0.500. The van der Waals surface area contributed by atoms with E-state index in [0.29, 0.717) is 5.75 Å². The maximum absolute atomic E-state index is 13.0. The van der Waals surface area contributed by atoms with Gasteiger partial charge in [0.05, 0.1) is 28.9 Å². The molecule has 0 radical (unpaired) electrons. The average molecular weight is 548 g/mol. The van der Waals surface area contributed by atoms with Gasteiger partial charge in [-0.3, -0.25) is 29.4 Å². The predicted molar refractivity (Wildman–Crippen MR) is 140 cm³/mol. The zero-order chi connectivity index (χ0) is 28.0. The molecule has 1 aliphatic carbocycles. The zero-order valence-corrected chi connectivity index (χ0v) is 21.7. The molecule has 208 valence electrons. The number of carbonyl (C=O) groups is 5. The molecule has 2 aromatic rings. The number of benzene rings is 2. The van der Waals surface area contributed by atoms with E-state index in [-0.39, 0.29) is 47.8 Å². The summed E-state index contributed by atoms with van der Waals surface area (Å²) in [5, 5.41) is 11.3. The van der Waals surface area contributed by atoms with Crippen LogP contribution in [0.1, 0.15) is 69.6 Å². The number of ether oxygens (including phenoxy) is 2. The predicted octanol–water partition coefficient (Wildman–Crippen LogP) is 2.38. The molecule has 0 bridgehead atoms. The molecule has 0 aromatic heterocycles. The Morgan fingerprint density at radius 2 is 1.55 bits per heavy atom. The van der Waals surface area contributed by atoms with Gasteiger partial charge in [-0.15, -0.1) is 0 Å². The minimum Gasteiger partial charge on any atom is -0.490 e. The molecule has 6 rings (SSSR count). The summed E-state index contributed by atoms with van der Waals surface area (Å²) >= 11 is 0. The van der Waals surface area contributed by atoms with E-state index in [1.807, 2.05) is 12.1 Å². The summed E-state index contributed by atoms with van der Waals surface area (Å²) in [6.45, 7) is 1.67. The van der Waals surface area contributed by atoms with Crippen molar-refractivity contribution in [1.29, 1.82) is 0 Å². The van der Waals surface area contributed by atoms with Crippen LogP contribution < -0.4 is 15.0 Å². The highest BCUT2D eigenvalue weighted by Gasteiger charge is 2.45. The molecule has 0 unspecified atom stereocenters. The number of hydrogen-bond donors (Lipinski definition) is 2. The van der Waals surface area contributed by atoms with Crippen molar-refractivity contribution >= 4 is 35.3 Å². The summed E-state index contributed by atoms with van der Waals surface area (Å²) in [6, 6.07) is 10.7. The number of nitrogens with zero attached hydrogens (tertiary/aromatic N) is 2. The Balaban J connectivity index is 0.978. The van der Waals surface area contributed by atoms with Crippen molar-refractivity contribution in [3.63, 3.8) is 0 Å². The van der Waals surface area contributed by atoms with Crippen molar-refractivity contribution < 1.29 is 38.6 Å². The molecule has 11 heteroatoms. The first-order valence-electron chi connectivity index (χ1n) is 13.5. The van der Waals surface area contributed by atoms with Crippen LogP contribution in [0, 0.1) is 0 Å². The highest BCUT2D eigenvalue weighted by Crippen LogP contribution is 2.34. The maximum Gasteiger partial charge on any atom is 0.335 e. The smallest absolute Gasteiger partial charge is 0.335 e. The number of carbonyl (C=O) groups excluding carboxylic acids is 4. The number of carboxylic acid groups (broad SMARTS) is 1. The van der Waals surface area contributed by atoms with Crippen molar-refractivity contribution in [1.82, 2.24) is 10.2 Å². The van der Waals surface area contributed by atoms with Gasteiger partial charge >= 0.3 is 5.97 Å². The number of aromatic carboxylic acids is 1. The van der Waals surface area contributed by atoms with Gasteiger partial charge in [0.1, 0.15) is 17.9 Å². The summed E-state index contributed by atoms with van der Waals surface area (Å²) < 4.78 is 12.3. The van der Waals surface area contributed by atoms with Crippen molar-refractivity contribution in [2.24, 2.45) is 0 Å². The number of imide groups is 2. The van der Waals surface area contributed by atoms with Gasteiger partial charge in [0.25, 0.3) is 11.8 Å². The molecule has 1 atom stereocenters. The van der Waals surface area contributed by atoms with Crippen LogP contribution >= 0.6 is 0 Å². The van der Waals surface area contributed by atoms with Gasteiger partial charge in [-0.25, -0.2) is 4.79 Å². The minimum absolute atomic E-state index is 0.0608. The summed E-state index contributed by atoms with van der Waals surface area (Å²) in [4.78, 5) is 63.8. The lowest BCUT2D eigenvalue weighted by atomic mass is 9.91. The minimum atomic E-state index is -0.997. The highest BCUT2D eigenvalue weighted by atomic mass is 16.5. The van der Waals surface area contributed by atoms with E-state index >= 15 is 0 Å². The van der Waals surface area contributed by atoms with Gasteiger partial charge in [-0.05, 0) is 61.7 Å². The zero-order valence-electron chi connectivity index (χ0n) is 21.7. The molecule has 40 heavy (non-hydrogen) atoms. The molecule has 3 aliphatic heterocycles. The first-order chi connectivity index (χ1) is 19.3. The van der Waals surface area contributed by atoms with Crippen molar-refractivity contribution in [2.45, 2.75) is 62.9 Å². The number of nitrogens with one attached hydrogen (secondary N) is 1. The van der Waals surface area contributed by atoms with E-state index in [1.54, 1.807) is 30.3 Å². The third kappa shape index (κ3) is 4.92. The third-order valence-electron chi connectivity index (χ3n) is 8.07. The van der Waals surface area contributed by atoms with Crippen molar-refractivity contribution in [2.75, 3.05) is 18.0 Å². The van der Waals surface area contributed by atoms with Crippen LogP contribution in [0.15, 0.2) is 42.5 Å². The molecule has 4 aliphatic rings. The lowest BCUT2D eigenvalue weighted by Crippen LogP contribution is -2.54. The Morgan fingerprint density at radius 3 is 2.23 bits per heavy atom. The van der Waals surface area contributed by atoms with Crippen LogP contribution in [0.25, 0.3) is 0 Å². The monoisotopic (exact) mass is 547 g/mol. The average Bonchev–Trinajstić information content (AvgIpc) is 3.17. The number of anilines is 1. The molecule has 3 fully saturated rings. The fraction of sp³-hybridized carbons (Fsp3) is 0.414. The second-order valence-corrected chi connectivity index (χ2v) is 10.7. The number of amides is 4. The molecule has 0 spiro atoms. The van der Waals surface area contributed by atoms with E-state index in [1.165, 1.54) is 0 Å². The van der Waals surface area contributed by atoms with Crippen LogP contribution in [0.3, 0.4) is 0 Å². The van der Waals surface area contributed by atoms with Crippen LogP contribution in [0.5, 0.6) is 5.75 Å². The highest BCUT2D eigenvalue weighted by molar-refractivity contribution is 6.23. The van der Waals surface area contributed by atoms with Crippen LogP contribution in [0.4, 0.5) is 5.69 Å². The number of piperidine rings is 2. The van der Waals surface area contributed by atoms with E-state index in [9.17, 15) is 24.0 Å². The Labute approximate surface area is 230 Å². The second-order valence-electron chi connectivity index (χ2n) is 10.7. The molecule has 1 saturated carbocycles. The summed E-state index contributed by atoms with van der Waals surface area (Å²) in [7, 11) is 0. The van der Waals surface area contributed by atoms with E-state index in [2.05, 4.69) is 10.2 Å². The number of fused-ring (bicyclic) bond motifs is 1. The maximum atomic E-state index is 13.0. The van der Waals surface area contributed by atoms with Gasteiger partial charge < -0.3 is 19.5 Å². The number of carboxylic acids is 1. The topological polar surface area (TPSA) is 143 Å². The summed E-state index contributed by atoms with van der Waals surface area (Å²) in [5.41, 5.74) is 1.71. The Hall–Kier alpha value is -4.25. The SMILES string of the molecule is O=C1CC[C@@H](N2C(=O)c3ccc(OC4CC(OC5CCN(c6ccc(C(=O)O)cc6)CC5)C4)cc3C2=O)C(=O)N1. The Bertz CT molecular complexity index is 1380. The molecule has 2 aromatic carbocycles. The molecular formula is C29H29N3O8. The Morgan fingerprint density at radius 1 is 0.850 bits per heavy atom. The first kappa shape index (κ1) is 26.0. The molecule has 11 nitrogen and oxygen atoms in total. The van der Waals surface area contributed by atoms with Crippen molar-refractivity contribution in [3.8, 4) is 5.75 Å². The van der Waals surface area contributed by atoms with Gasteiger partial charge in [0.2, 0.25) is 11.8 Å². The third-order valence-corrected chi connectivity index (χ3v) is 8.07. The molecule has 4 amide bonds. The number of hydrogen-bond acceptors (Lipinski definition) is 8. The van der Waals surface area contributed by atoms with Gasteiger partial charge in [0.15, 0.2) is 0 Å². The molecular weight excluding hydrogens is 518 g/mol. The second kappa shape index (κ2) is 10.4. The van der Waals surface area contributed by atoms with Gasteiger partial charge in [0, 0.05) is 38.0 Å². The van der Waals surface area contributed by atoms with E-state index in [4.69, 9.17) is 14.6 Å². The summed E-state index contributed by atoms with van der Waals surface area (Å²) in [6.07, 6.45) is 3.59. The van der Waals surface area contributed by atoms with Gasteiger partial charge in [-0.1, -0.05) is 0 Å². The van der Waals surface area contributed by atoms with E-state index < -0.39 is 35.6 Å². The van der Waals surface area contributed by atoms with Crippen LogP contribution in [-0.2, 0) is 14.3 Å². The molecule has 2 saturated heterocycles. The Kier molecular flexibility index (Phi) is 6.75. The lowest BCUT2D eigenvalue weighted by Gasteiger charge is -2.40. The normalized spacial score (nSPS) is 24.9. The fourth-order valence-electron chi connectivity index (χ4n) is 5.78. The standard InChI is InChI=1S/C29H29N3O8/c33-25-8-7-24(26(34)30-25)32-27(35)22-6-5-19(15-23(22)28(32)36)40-21-13-20(14-21)39-18-9-11-31(12-10-18)17-3-1-16(2-4-17)29(37)38/h1-6,15,18,20-21,24H,7-14H2,(H,37,38)(H,30,33,34)/t20?,21?,24-/m1/s1. The molecule has 3 heterocycles. The van der Waals surface area contributed by atoms with Crippen LogP contribution in [-0.4, -0.2) is 77.0 Å². The van der Waals surface area contributed by atoms with Crippen molar-refractivity contribution in [3.05, 3.63) is 59.2 Å². The van der Waals surface area contributed by atoms with Crippen LogP contribution in [0.2, 0.25) is 0 Å². The number of rotatable bonds is 7. The molecule has 2 N–H and O–H groups in total. The largest absolute Gasteiger partial charge is 0.490 e. The van der Waals surface area contributed by atoms with Gasteiger partial charge in [-0.2, -0.15) is 0 Å². The first-order valence-corrected chi connectivity index (χ1v) is 13.5. The summed E-state index contributed by atoms with van der Waals surface area (Å²) in [5.74, 6) is -2.59. The lowest BCUT2D eigenvalue weighted by molar-refractivity contribution is -0.136. The fourth-order valence-corrected chi connectivity index (χ4v) is 5.78. The van der Waals surface area contributed by atoms with E-state index in [0.717, 1.165) is 49.4 Å².